The Morgan fingerprint density at radius 2 is 1.89 bits per heavy atom. The van der Waals surface area contributed by atoms with Gasteiger partial charge in [-0.2, -0.15) is 0 Å². The number of piperidine rings is 1. The summed E-state index contributed by atoms with van der Waals surface area (Å²) in [5, 5.41) is 0. The predicted molar refractivity (Wildman–Crippen MR) is 104 cm³/mol. The zero-order valence-electron chi connectivity index (χ0n) is 16.4. The van der Waals surface area contributed by atoms with Gasteiger partial charge in [0.2, 0.25) is 5.91 Å². The largest absolute Gasteiger partial charge is 0.378 e. The van der Waals surface area contributed by atoms with Gasteiger partial charge in [-0.1, -0.05) is 0 Å². The molecule has 27 heavy (non-hydrogen) atoms. The van der Waals surface area contributed by atoms with E-state index in [1.165, 1.54) is 12.8 Å². The van der Waals surface area contributed by atoms with Crippen molar-refractivity contribution >= 4 is 11.7 Å². The fraction of sp³-hybridized carbons (Fsp3) is 0.750. The van der Waals surface area contributed by atoms with Gasteiger partial charge in [0.1, 0.15) is 11.6 Å². The van der Waals surface area contributed by atoms with Crippen LogP contribution in [0.3, 0.4) is 0 Å². The maximum atomic E-state index is 12.7. The molecule has 0 aromatic carbocycles. The zero-order valence-corrected chi connectivity index (χ0v) is 16.4. The molecule has 4 heterocycles. The van der Waals surface area contributed by atoms with Crippen molar-refractivity contribution in [1.82, 2.24) is 19.8 Å². The first-order valence-corrected chi connectivity index (χ1v) is 10.4. The Labute approximate surface area is 161 Å². The molecule has 3 saturated heterocycles. The van der Waals surface area contributed by atoms with Crippen molar-refractivity contribution in [3.05, 3.63) is 17.6 Å². The molecular weight excluding hydrogens is 342 g/mol. The van der Waals surface area contributed by atoms with Crippen LogP contribution in [0.2, 0.25) is 0 Å². The van der Waals surface area contributed by atoms with Gasteiger partial charge in [-0.25, -0.2) is 9.97 Å². The summed E-state index contributed by atoms with van der Waals surface area (Å²) in [4.78, 5) is 28.7. The summed E-state index contributed by atoms with van der Waals surface area (Å²) < 4.78 is 5.46. The molecule has 3 aliphatic rings. The number of morpholine rings is 1. The summed E-state index contributed by atoms with van der Waals surface area (Å²) in [6.07, 6.45) is 4.58. The number of anilines is 1. The van der Waals surface area contributed by atoms with Crippen LogP contribution in [0, 0.1) is 6.92 Å². The molecule has 0 saturated carbocycles. The summed E-state index contributed by atoms with van der Waals surface area (Å²) in [5.74, 6) is 2.40. The molecule has 1 amide bonds. The summed E-state index contributed by atoms with van der Waals surface area (Å²) in [6.45, 7) is 9.59. The number of aryl methyl sites for hydroxylation is 1. The third-order valence-corrected chi connectivity index (χ3v) is 5.93. The molecule has 0 radical (unpaired) electrons. The van der Waals surface area contributed by atoms with E-state index in [9.17, 15) is 4.79 Å². The highest BCUT2D eigenvalue weighted by molar-refractivity contribution is 5.78. The second kappa shape index (κ2) is 8.52. The lowest BCUT2D eigenvalue weighted by molar-refractivity contribution is -0.133. The van der Waals surface area contributed by atoms with Crippen molar-refractivity contribution in [2.45, 2.75) is 38.5 Å². The summed E-state index contributed by atoms with van der Waals surface area (Å²) >= 11 is 0. The van der Waals surface area contributed by atoms with Gasteiger partial charge in [0.15, 0.2) is 0 Å². The van der Waals surface area contributed by atoms with E-state index in [-0.39, 0.29) is 5.91 Å². The van der Waals surface area contributed by atoms with Gasteiger partial charge >= 0.3 is 0 Å². The van der Waals surface area contributed by atoms with E-state index in [2.05, 4.69) is 25.8 Å². The average Bonchev–Trinajstić information content (AvgIpc) is 3.21. The highest BCUT2D eigenvalue weighted by Crippen LogP contribution is 2.28. The van der Waals surface area contributed by atoms with Crippen LogP contribution in [0.25, 0.3) is 0 Å². The highest BCUT2D eigenvalue weighted by Gasteiger charge is 2.28. The van der Waals surface area contributed by atoms with E-state index in [4.69, 9.17) is 9.72 Å². The molecular formula is C20H31N5O2. The first-order valence-electron chi connectivity index (χ1n) is 10.4. The number of nitrogens with zero attached hydrogens (tertiary/aromatic N) is 5. The molecule has 3 aliphatic heterocycles. The smallest absolute Gasteiger partial charge is 0.236 e. The Bertz CT molecular complexity index is 656. The number of hydrogen-bond donors (Lipinski definition) is 0. The molecule has 1 aromatic rings. The van der Waals surface area contributed by atoms with Crippen LogP contribution in [-0.4, -0.2) is 84.7 Å². The Balaban J connectivity index is 1.44. The van der Waals surface area contributed by atoms with E-state index in [0.717, 1.165) is 82.7 Å². The molecule has 0 spiro atoms. The standard InChI is InChI=1S/C20H31N5O2/c1-16-21-18(13-19(22-16)24-9-11-27-12-10-24)17-5-4-8-25(14-17)20(26)15-23-6-2-3-7-23/h13,17H,2-12,14-15H2,1H3/t17-/m0/s1. The molecule has 0 unspecified atom stereocenters. The van der Waals surface area contributed by atoms with E-state index in [0.29, 0.717) is 12.5 Å². The maximum absolute atomic E-state index is 12.7. The van der Waals surface area contributed by atoms with Gasteiger partial charge in [0, 0.05) is 38.2 Å². The number of aromatic nitrogens is 2. The Morgan fingerprint density at radius 3 is 2.67 bits per heavy atom. The van der Waals surface area contributed by atoms with Crippen LogP contribution >= 0.6 is 0 Å². The summed E-state index contributed by atoms with van der Waals surface area (Å²) in [7, 11) is 0. The van der Waals surface area contributed by atoms with Crippen LogP contribution in [0.1, 0.15) is 43.1 Å². The number of carbonyl (C=O) groups is 1. The number of carbonyl (C=O) groups excluding carboxylic acids is 1. The molecule has 0 N–H and O–H groups in total. The van der Waals surface area contributed by atoms with E-state index in [1.807, 2.05) is 6.92 Å². The quantitative estimate of drug-likeness (QED) is 0.796. The molecule has 1 aromatic heterocycles. The first kappa shape index (κ1) is 18.6. The van der Waals surface area contributed by atoms with E-state index >= 15 is 0 Å². The molecule has 0 aliphatic carbocycles. The average molecular weight is 374 g/mol. The number of rotatable bonds is 4. The van der Waals surface area contributed by atoms with Gasteiger partial charge in [0.05, 0.1) is 25.5 Å². The van der Waals surface area contributed by atoms with Gasteiger partial charge in [-0.15, -0.1) is 0 Å². The van der Waals surface area contributed by atoms with Gasteiger partial charge in [-0.05, 0) is 45.7 Å². The summed E-state index contributed by atoms with van der Waals surface area (Å²) in [5.41, 5.74) is 1.09. The van der Waals surface area contributed by atoms with Crippen LogP contribution in [-0.2, 0) is 9.53 Å². The molecule has 7 nitrogen and oxygen atoms in total. The molecule has 7 heteroatoms. The Morgan fingerprint density at radius 1 is 1.11 bits per heavy atom. The lowest BCUT2D eigenvalue weighted by Crippen LogP contribution is -2.44. The zero-order chi connectivity index (χ0) is 18.6. The van der Waals surface area contributed by atoms with Crippen molar-refractivity contribution in [1.29, 1.82) is 0 Å². The first-order chi connectivity index (χ1) is 13.2. The minimum atomic E-state index is 0.279. The third-order valence-electron chi connectivity index (χ3n) is 5.93. The summed E-state index contributed by atoms with van der Waals surface area (Å²) in [6, 6.07) is 2.14. The monoisotopic (exact) mass is 373 g/mol. The number of hydrogen-bond acceptors (Lipinski definition) is 6. The fourth-order valence-corrected chi connectivity index (χ4v) is 4.42. The number of ether oxygens (including phenoxy) is 1. The topological polar surface area (TPSA) is 61.8 Å². The van der Waals surface area contributed by atoms with Gasteiger partial charge in [-0.3, -0.25) is 9.69 Å². The molecule has 1 atom stereocenters. The van der Waals surface area contributed by atoms with E-state index < -0.39 is 0 Å². The predicted octanol–water partition coefficient (Wildman–Crippen LogP) is 1.42. The van der Waals surface area contributed by atoms with Crippen molar-refractivity contribution in [3.63, 3.8) is 0 Å². The van der Waals surface area contributed by atoms with Crippen molar-refractivity contribution < 1.29 is 9.53 Å². The van der Waals surface area contributed by atoms with Crippen LogP contribution in [0.4, 0.5) is 5.82 Å². The molecule has 0 bridgehead atoms. The van der Waals surface area contributed by atoms with Crippen LogP contribution in [0.15, 0.2) is 6.07 Å². The Hall–Kier alpha value is -1.73. The second-order valence-corrected chi connectivity index (χ2v) is 7.96. The third kappa shape index (κ3) is 4.58. The Kier molecular flexibility index (Phi) is 5.88. The number of amides is 1. The maximum Gasteiger partial charge on any atom is 0.236 e. The minimum absolute atomic E-state index is 0.279. The van der Waals surface area contributed by atoms with E-state index in [1.54, 1.807) is 0 Å². The van der Waals surface area contributed by atoms with Gasteiger partial charge < -0.3 is 14.5 Å². The fourth-order valence-electron chi connectivity index (χ4n) is 4.42. The SMILES string of the molecule is Cc1nc([C@H]2CCCN(C(=O)CN3CCCC3)C2)cc(N2CCOCC2)n1. The highest BCUT2D eigenvalue weighted by atomic mass is 16.5. The molecule has 3 fully saturated rings. The molecule has 4 rings (SSSR count). The lowest BCUT2D eigenvalue weighted by atomic mass is 9.94. The lowest BCUT2D eigenvalue weighted by Gasteiger charge is -2.34. The van der Waals surface area contributed by atoms with Crippen LogP contribution in [0.5, 0.6) is 0 Å². The van der Waals surface area contributed by atoms with Crippen molar-refractivity contribution in [3.8, 4) is 0 Å². The molecule has 148 valence electrons. The second-order valence-electron chi connectivity index (χ2n) is 7.96. The van der Waals surface area contributed by atoms with Crippen molar-refractivity contribution in [2.75, 3.05) is 63.9 Å². The number of likely N-dealkylation sites (tertiary alicyclic amines) is 2. The van der Waals surface area contributed by atoms with Gasteiger partial charge in [0.25, 0.3) is 0 Å². The minimum Gasteiger partial charge on any atom is -0.378 e. The van der Waals surface area contributed by atoms with Crippen LogP contribution < -0.4 is 4.90 Å². The van der Waals surface area contributed by atoms with Crippen molar-refractivity contribution in [2.24, 2.45) is 0 Å². The normalized spacial score (nSPS) is 24.4.